The smallest absolute Gasteiger partial charge is 0.191 e. The Morgan fingerprint density at radius 2 is 1.82 bits per heavy atom. The fraction of sp³-hybridized carbons (Fsp3) is 0.158. The Hall–Kier alpha value is -1.80. The van der Waals surface area contributed by atoms with Crippen LogP contribution in [0.15, 0.2) is 71.2 Å². The minimum Gasteiger partial charge on any atom is -0.301 e. The summed E-state index contributed by atoms with van der Waals surface area (Å²) < 4.78 is 27.1. The molecule has 3 rings (SSSR count). The maximum atomic E-state index is 12.7. The summed E-state index contributed by atoms with van der Waals surface area (Å²) in [5.41, 5.74) is 0.978. The van der Waals surface area contributed by atoms with Crippen LogP contribution in [0.25, 0.3) is 0 Å². The van der Waals surface area contributed by atoms with E-state index in [0.717, 1.165) is 5.56 Å². The molecule has 0 saturated carbocycles. The van der Waals surface area contributed by atoms with Gasteiger partial charge >= 0.3 is 0 Å². The van der Waals surface area contributed by atoms with E-state index in [1.807, 2.05) is 6.07 Å². The van der Waals surface area contributed by atoms with Crippen molar-refractivity contribution in [1.29, 1.82) is 0 Å². The minimum atomic E-state index is -3.52. The van der Waals surface area contributed by atoms with Gasteiger partial charge in [-0.05, 0) is 29.8 Å². The lowest BCUT2D eigenvalue weighted by Gasteiger charge is -2.09. The largest absolute Gasteiger partial charge is 0.301 e. The average Bonchev–Trinajstić information content (AvgIpc) is 3.05. The highest BCUT2D eigenvalue weighted by molar-refractivity contribution is 7.98. The van der Waals surface area contributed by atoms with Gasteiger partial charge in [0.1, 0.15) is 11.6 Å². The van der Waals surface area contributed by atoms with Crippen molar-refractivity contribution in [2.45, 2.75) is 28.1 Å². The van der Waals surface area contributed by atoms with Crippen LogP contribution in [0.4, 0.5) is 0 Å². The van der Waals surface area contributed by atoms with Gasteiger partial charge < -0.3 is 4.57 Å². The highest BCUT2D eigenvalue weighted by atomic mass is 35.5. The molecule has 0 radical (unpaired) electrons. The SMILES string of the molecule is C=CCn1c(CS(=O)(=O)c2ccccc2)nnc1SCc1ccc(Cl)c(Cl)c1. The van der Waals surface area contributed by atoms with Gasteiger partial charge in [0.2, 0.25) is 0 Å². The van der Waals surface area contributed by atoms with Crippen LogP contribution >= 0.6 is 35.0 Å². The maximum Gasteiger partial charge on any atom is 0.191 e. The number of nitrogens with zero attached hydrogens (tertiary/aromatic N) is 3. The van der Waals surface area contributed by atoms with Gasteiger partial charge in [0.25, 0.3) is 0 Å². The van der Waals surface area contributed by atoms with Crippen LogP contribution < -0.4 is 0 Å². The number of allylic oxidation sites excluding steroid dienone is 1. The summed E-state index contributed by atoms with van der Waals surface area (Å²) in [6, 6.07) is 13.7. The van der Waals surface area contributed by atoms with Gasteiger partial charge in [-0.2, -0.15) is 0 Å². The predicted molar refractivity (Wildman–Crippen MR) is 114 cm³/mol. The summed E-state index contributed by atoms with van der Waals surface area (Å²) in [5.74, 6) is 0.739. The van der Waals surface area contributed by atoms with Crippen molar-refractivity contribution in [2.75, 3.05) is 0 Å². The van der Waals surface area contributed by atoms with Crippen LogP contribution in [0.1, 0.15) is 11.4 Å². The molecule has 0 spiro atoms. The molecule has 1 aromatic heterocycles. The molecule has 28 heavy (non-hydrogen) atoms. The summed E-state index contributed by atoms with van der Waals surface area (Å²) in [4.78, 5) is 0.258. The fourth-order valence-corrected chi connectivity index (χ4v) is 5.03. The van der Waals surface area contributed by atoms with Crippen molar-refractivity contribution in [2.24, 2.45) is 0 Å². The summed E-state index contributed by atoms with van der Waals surface area (Å²) >= 11 is 13.4. The Labute approximate surface area is 178 Å². The Balaban J connectivity index is 1.81. The van der Waals surface area contributed by atoms with Crippen molar-refractivity contribution in [3.8, 4) is 0 Å². The zero-order chi connectivity index (χ0) is 20.1. The molecule has 5 nitrogen and oxygen atoms in total. The van der Waals surface area contributed by atoms with E-state index in [2.05, 4.69) is 16.8 Å². The Bertz CT molecular complexity index is 1080. The molecule has 0 atom stereocenters. The lowest BCUT2D eigenvalue weighted by atomic mass is 10.2. The van der Waals surface area contributed by atoms with E-state index in [4.69, 9.17) is 23.2 Å². The third-order valence-corrected chi connectivity index (χ3v) is 7.28. The normalized spacial score (nSPS) is 11.5. The van der Waals surface area contributed by atoms with E-state index < -0.39 is 9.84 Å². The monoisotopic (exact) mass is 453 g/mol. The number of rotatable bonds is 8. The highest BCUT2D eigenvalue weighted by Gasteiger charge is 2.21. The van der Waals surface area contributed by atoms with E-state index in [1.54, 1.807) is 53.1 Å². The van der Waals surface area contributed by atoms with Crippen LogP contribution in [0.3, 0.4) is 0 Å². The van der Waals surface area contributed by atoms with Crippen LogP contribution in [-0.4, -0.2) is 23.2 Å². The molecule has 1 heterocycles. The van der Waals surface area contributed by atoms with Crippen molar-refractivity contribution in [3.05, 3.63) is 82.6 Å². The first-order valence-electron chi connectivity index (χ1n) is 8.28. The first-order chi connectivity index (χ1) is 13.4. The van der Waals surface area contributed by atoms with Crippen molar-refractivity contribution >= 4 is 44.8 Å². The topological polar surface area (TPSA) is 64.8 Å². The standard InChI is InChI=1S/C19H17Cl2N3O2S2/c1-2-10-24-18(13-28(25,26)15-6-4-3-5-7-15)22-23-19(24)27-12-14-8-9-16(20)17(21)11-14/h2-9,11H,1,10,12-13H2. The summed E-state index contributed by atoms with van der Waals surface area (Å²) in [6.07, 6.45) is 1.69. The van der Waals surface area contributed by atoms with Gasteiger partial charge in [-0.15, -0.1) is 16.8 Å². The highest BCUT2D eigenvalue weighted by Crippen LogP contribution is 2.28. The number of hydrogen-bond acceptors (Lipinski definition) is 5. The van der Waals surface area contributed by atoms with E-state index >= 15 is 0 Å². The molecule has 2 aromatic carbocycles. The molecular weight excluding hydrogens is 437 g/mol. The van der Waals surface area contributed by atoms with Gasteiger partial charge in [-0.25, -0.2) is 8.42 Å². The summed E-state index contributed by atoms with van der Waals surface area (Å²) in [7, 11) is -3.52. The molecule has 0 fully saturated rings. The minimum absolute atomic E-state index is 0.231. The molecule has 0 N–H and O–H groups in total. The number of sulfone groups is 1. The molecule has 9 heteroatoms. The molecule has 0 bridgehead atoms. The van der Waals surface area contributed by atoms with E-state index in [0.29, 0.717) is 33.3 Å². The molecule has 0 aliphatic heterocycles. The van der Waals surface area contributed by atoms with Crippen LogP contribution in [-0.2, 0) is 27.9 Å². The summed E-state index contributed by atoms with van der Waals surface area (Å²) in [5, 5.41) is 9.88. The van der Waals surface area contributed by atoms with Gasteiger partial charge in [0, 0.05) is 12.3 Å². The van der Waals surface area contributed by atoms with Gasteiger partial charge in [0.05, 0.1) is 14.9 Å². The lowest BCUT2D eigenvalue weighted by Crippen LogP contribution is -2.11. The first-order valence-corrected chi connectivity index (χ1v) is 11.7. The molecule has 146 valence electrons. The zero-order valence-corrected chi connectivity index (χ0v) is 17.9. The Kier molecular flexibility index (Phi) is 6.82. The average molecular weight is 454 g/mol. The molecule has 0 saturated heterocycles. The van der Waals surface area contributed by atoms with Gasteiger partial charge in [0.15, 0.2) is 15.0 Å². The third kappa shape index (κ3) is 4.97. The van der Waals surface area contributed by atoms with E-state index in [9.17, 15) is 8.42 Å². The fourth-order valence-electron chi connectivity index (χ4n) is 2.50. The Morgan fingerprint density at radius 3 is 2.50 bits per heavy atom. The van der Waals surface area contributed by atoms with E-state index in [1.165, 1.54) is 11.8 Å². The number of hydrogen-bond donors (Lipinski definition) is 0. The summed E-state index contributed by atoms with van der Waals surface area (Å²) in [6.45, 7) is 4.16. The number of thioether (sulfide) groups is 1. The molecule has 0 aliphatic carbocycles. The van der Waals surface area contributed by atoms with Crippen molar-refractivity contribution < 1.29 is 8.42 Å². The molecule has 0 unspecified atom stereocenters. The van der Waals surface area contributed by atoms with Crippen molar-refractivity contribution in [3.63, 3.8) is 0 Å². The van der Waals surface area contributed by atoms with Crippen molar-refractivity contribution in [1.82, 2.24) is 14.8 Å². The number of benzene rings is 2. The second kappa shape index (κ2) is 9.13. The first kappa shape index (κ1) is 20.9. The number of halogens is 2. The van der Waals surface area contributed by atoms with Crippen LogP contribution in [0.5, 0.6) is 0 Å². The second-order valence-corrected chi connectivity index (χ2v) is 9.65. The third-order valence-electron chi connectivity index (χ3n) is 3.88. The quantitative estimate of drug-likeness (QED) is 0.353. The lowest BCUT2D eigenvalue weighted by molar-refractivity contribution is 0.590. The molecular formula is C19H17Cl2N3O2S2. The van der Waals surface area contributed by atoms with E-state index in [-0.39, 0.29) is 10.6 Å². The van der Waals surface area contributed by atoms with Gasteiger partial charge in [-0.3, -0.25) is 0 Å². The molecule has 0 amide bonds. The second-order valence-electron chi connectivity index (χ2n) is 5.91. The Morgan fingerprint density at radius 1 is 1.07 bits per heavy atom. The zero-order valence-electron chi connectivity index (χ0n) is 14.8. The number of aromatic nitrogens is 3. The maximum absolute atomic E-state index is 12.7. The molecule has 3 aromatic rings. The van der Waals surface area contributed by atoms with Gasteiger partial charge in [-0.1, -0.05) is 65.3 Å². The van der Waals surface area contributed by atoms with Crippen LogP contribution in [0, 0.1) is 0 Å². The molecule has 0 aliphatic rings. The van der Waals surface area contributed by atoms with Crippen LogP contribution in [0.2, 0.25) is 10.0 Å². The predicted octanol–water partition coefficient (Wildman–Crippen LogP) is 5.04.